The monoisotopic (exact) mass is 1010 g/mol. The van der Waals surface area contributed by atoms with Gasteiger partial charge in [-0.05, 0) is 88.3 Å². The summed E-state index contributed by atoms with van der Waals surface area (Å²) in [6.07, 6.45) is 5.13. The molecule has 1 N–H and O–H groups in total. The zero-order valence-electron chi connectivity index (χ0n) is 43.5. The highest BCUT2D eigenvalue weighted by molar-refractivity contribution is 7.89. The molecule has 69 heavy (non-hydrogen) atoms. The maximum absolute atomic E-state index is 15.0. The van der Waals surface area contributed by atoms with Gasteiger partial charge in [0.2, 0.25) is 21.8 Å². The van der Waals surface area contributed by atoms with E-state index in [4.69, 9.17) is 13.6 Å². The van der Waals surface area contributed by atoms with Crippen molar-refractivity contribution in [1.82, 2.24) is 14.5 Å². The second-order valence-electron chi connectivity index (χ2n) is 20.5. The van der Waals surface area contributed by atoms with Gasteiger partial charge in [-0.15, -0.1) is 0 Å². The molecule has 0 aromatic heterocycles. The van der Waals surface area contributed by atoms with E-state index in [0.717, 1.165) is 11.1 Å². The molecule has 3 aromatic carbocycles. The quantitative estimate of drug-likeness (QED) is 0.0303. The highest BCUT2D eigenvalue weighted by Crippen LogP contribution is 2.43. The number of nitro benzene ring substituents is 1. The fourth-order valence-electron chi connectivity index (χ4n) is 11.0. The fourth-order valence-corrected chi connectivity index (χ4v) is 23.6. The van der Waals surface area contributed by atoms with Crippen molar-refractivity contribution >= 4 is 44.2 Å². The van der Waals surface area contributed by atoms with Crippen molar-refractivity contribution in [1.29, 1.82) is 0 Å². The van der Waals surface area contributed by atoms with Crippen LogP contribution in [0.3, 0.4) is 0 Å². The average Bonchev–Trinajstić information content (AvgIpc) is 3.32. The van der Waals surface area contributed by atoms with Crippen LogP contribution in [-0.4, -0.2) is 95.9 Å². The van der Waals surface area contributed by atoms with Crippen molar-refractivity contribution in [2.75, 3.05) is 32.8 Å². The van der Waals surface area contributed by atoms with Gasteiger partial charge < -0.3 is 23.8 Å². The van der Waals surface area contributed by atoms with Crippen molar-refractivity contribution < 1.29 is 36.5 Å². The van der Waals surface area contributed by atoms with E-state index < -0.39 is 60.2 Å². The molecule has 3 aromatic rings. The van der Waals surface area contributed by atoms with Crippen LogP contribution in [0.2, 0.25) is 33.2 Å². The second kappa shape index (κ2) is 26.3. The van der Waals surface area contributed by atoms with E-state index in [9.17, 15) is 23.3 Å². The van der Waals surface area contributed by atoms with Crippen LogP contribution in [0.1, 0.15) is 120 Å². The minimum Gasteiger partial charge on any atom is -0.489 e. The average molecular weight is 1010 g/mol. The van der Waals surface area contributed by atoms with Gasteiger partial charge in [0.25, 0.3) is 5.69 Å². The number of rotatable bonds is 24. The van der Waals surface area contributed by atoms with Gasteiger partial charge in [0.05, 0.1) is 11.3 Å². The number of ether oxygens (including phenoxy) is 1. The lowest BCUT2D eigenvalue weighted by Gasteiger charge is -2.42. The summed E-state index contributed by atoms with van der Waals surface area (Å²) < 4.78 is 50.1. The number of hydrogen-bond donors (Lipinski definition) is 1. The van der Waals surface area contributed by atoms with Gasteiger partial charge >= 0.3 is 0 Å². The smallest absolute Gasteiger partial charge is 0.289 e. The van der Waals surface area contributed by atoms with Crippen LogP contribution in [0.15, 0.2) is 95.9 Å². The van der Waals surface area contributed by atoms with Crippen LogP contribution in [0, 0.1) is 10.1 Å². The Morgan fingerprint density at radius 3 is 1.75 bits per heavy atom. The van der Waals surface area contributed by atoms with Crippen LogP contribution in [0.4, 0.5) is 5.69 Å². The lowest BCUT2D eigenvalue weighted by atomic mass is 10.0. The van der Waals surface area contributed by atoms with Crippen molar-refractivity contribution in [3.05, 3.63) is 112 Å². The van der Waals surface area contributed by atoms with Crippen molar-refractivity contribution in [2.24, 2.45) is 0 Å². The van der Waals surface area contributed by atoms with Crippen molar-refractivity contribution in [3.63, 3.8) is 0 Å². The Labute approximate surface area is 416 Å². The molecule has 1 heterocycles. The molecule has 0 saturated carbocycles. The van der Waals surface area contributed by atoms with Gasteiger partial charge in [-0.3, -0.25) is 19.7 Å². The lowest BCUT2D eigenvalue weighted by Crippen LogP contribution is -2.54. The molecule has 1 aliphatic heterocycles. The standard InChI is InChI=1S/C53H82N4O9SSi2/c1-39(2)68(40(3)4,41(5)6)65-34-20-24-47-37-55(67(62,63)51-27-17-16-25-49(51)57(60)61)32-18-19-33-56(50(53(59)54-47)26-21-35-66-69(42(7)8,43(9)10)44(11)12)52(58)36-45-28-30-48(31-29-45)64-38-46-22-14-13-15-23-46/h13-19,22-23,25,27-31,39-44,47,50H,20-21,24,26,32-38H2,1-12H3,(H,54,59)/b19-18+/t47-,50+/m0/s1. The topological polar surface area (TPSA) is 158 Å². The molecular formula is C53H82N4O9SSi2. The molecule has 1 aliphatic rings. The molecule has 0 unspecified atom stereocenters. The molecule has 4 rings (SSSR count). The molecule has 0 saturated heterocycles. The molecular weight excluding hydrogens is 925 g/mol. The second-order valence-corrected chi connectivity index (χ2v) is 33.3. The molecule has 0 aliphatic carbocycles. The van der Waals surface area contributed by atoms with Gasteiger partial charge in [-0.1, -0.05) is 150 Å². The van der Waals surface area contributed by atoms with Gasteiger partial charge in [0, 0.05) is 45.0 Å². The van der Waals surface area contributed by atoms with E-state index in [0.29, 0.717) is 84.5 Å². The third kappa shape index (κ3) is 14.7. The molecule has 16 heteroatoms. The number of amides is 2. The minimum atomic E-state index is -4.45. The van der Waals surface area contributed by atoms with E-state index in [2.05, 4.69) is 88.4 Å². The Kier molecular flexibility index (Phi) is 21.9. The van der Waals surface area contributed by atoms with Crippen LogP contribution in [-0.2, 0) is 41.5 Å². The normalized spacial score (nSPS) is 17.5. The third-order valence-corrected chi connectivity index (χ3v) is 28.3. The summed E-state index contributed by atoms with van der Waals surface area (Å²) in [6.45, 7) is 27.8. The van der Waals surface area contributed by atoms with E-state index in [-0.39, 0.29) is 32.0 Å². The lowest BCUT2D eigenvalue weighted by molar-refractivity contribution is -0.387. The minimum absolute atomic E-state index is 0.0172. The number of nitro groups is 1. The van der Waals surface area contributed by atoms with Crippen molar-refractivity contribution in [3.8, 4) is 5.75 Å². The highest BCUT2D eigenvalue weighted by Gasteiger charge is 2.46. The van der Waals surface area contributed by atoms with Crippen LogP contribution < -0.4 is 10.1 Å². The predicted octanol–water partition coefficient (Wildman–Crippen LogP) is 11.6. The molecule has 2 amide bonds. The van der Waals surface area contributed by atoms with Gasteiger partial charge in [0.1, 0.15) is 18.4 Å². The zero-order valence-corrected chi connectivity index (χ0v) is 46.3. The Balaban J connectivity index is 1.72. The summed E-state index contributed by atoms with van der Waals surface area (Å²) in [5.74, 6) is 0.00392. The first-order valence-corrected chi connectivity index (χ1v) is 30.8. The Morgan fingerprint density at radius 2 is 1.22 bits per heavy atom. The Bertz CT molecular complexity index is 2190. The summed E-state index contributed by atoms with van der Waals surface area (Å²) in [7, 11) is -8.93. The number of para-hydroxylation sites is 1. The maximum Gasteiger partial charge on any atom is 0.289 e. The van der Waals surface area contributed by atoms with E-state index >= 15 is 4.79 Å². The molecule has 382 valence electrons. The fraction of sp³-hybridized carbons (Fsp3) is 0.585. The van der Waals surface area contributed by atoms with Crippen LogP contribution in [0.5, 0.6) is 5.75 Å². The number of sulfonamides is 1. The van der Waals surface area contributed by atoms with E-state index in [1.807, 2.05) is 54.6 Å². The molecule has 0 fully saturated rings. The SMILES string of the molecule is CC(C)[Si](OCCC[C@H]1CN(S(=O)(=O)c2ccccc2[N+](=O)[O-])C/C=C/CN(C(=O)Cc2ccc(OCc3ccccc3)cc2)[C@H](CCCO[Si](C(C)C)(C(C)C)C(C)C)C(=O)N1)(C(C)C)C(C)C. The summed E-state index contributed by atoms with van der Waals surface area (Å²) >= 11 is 0. The van der Waals surface area contributed by atoms with Gasteiger partial charge in [-0.2, -0.15) is 4.31 Å². The number of benzene rings is 3. The molecule has 0 spiro atoms. The Morgan fingerprint density at radius 1 is 0.710 bits per heavy atom. The summed E-state index contributed by atoms with van der Waals surface area (Å²) in [6, 6.07) is 20.9. The first kappa shape index (κ1) is 57.4. The zero-order chi connectivity index (χ0) is 51.1. The molecule has 2 atom stereocenters. The van der Waals surface area contributed by atoms with Gasteiger partial charge in [0.15, 0.2) is 21.5 Å². The first-order chi connectivity index (χ1) is 32.6. The highest BCUT2D eigenvalue weighted by atomic mass is 32.2. The van der Waals surface area contributed by atoms with E-state index in [1.165, 1.54) is 28.6 Å². The van der Waals surface area contributed by atoms with Crippen LogP contribution in [0.25, 0.3) is 0 Å². The molecule has 13 nitrogen and oxygen atoms in total. The number of carbonyl (C=O) groups is 2. The maximum atomic E-state index is 15.0. The predicted molar refractivity (Wildman–Crippen MR) is 282 cm³/mol. The van der Waals surface area contributed by atoms with Gasteiger partial charge in [-0.25, -0.2) is 8.42 Å². The molecule has 0 bridgehead atoms. The largest absolute Gasteiger partial charge is 0.489 e. The van der Waals surface area contributed by atoms with Crippen molar-refractivity contribution in [2.45, 2.75) is 172 Å². The van der Waals surface area contributed by atoms with Crippen LogP contribution >= 0.6 is 0 Å². The number of carbonyl (C=O) groups excluding carboxylic acids is 2. The summed E-state index contributed by atoms with van der Waals surface area (Å²) in [5.41, 5.74) is 3.43. The third-order valence-electron chi connectivity index (χ3n) is 14.2. The number of nitrogens with zero attached hydrogens (tertiary/aromatic N) is 3. The number of nitrogens with one attached hydrogen (secondary N) is 1. The van der Waals surface area contributed by atoms with E-state index in [1.54, 1.807) is 17.1 Å². The number of hydrogen-bond acceptors (Lipinski definition) is 9. The first-order valence-electron chi connectivity index (χ1n) is 25.1. The summed E-state index contributed by atoms with van der Waals surface area (Å²) in [4.78, 5) is 42.3. The molecule has 0 radical (unpaired) electrons. The Hall–Kier alpha value is -4.20. The summed E-state index contributed by atoms with van der Waals surface area (Å²) in [5, 5.41) is 15.4.